The summed E-state index contributed by atoms with van der Waals surface area (Å²) in [6.07, 6.45) is 3.00. The molecule has 0 aliphatic heterocycles. The third kappa shape index (κ3) is 2.18. The van der Waals surface area contributed by atoms with Crippen molar-refractivity contribution in [1.29, 1.82) is 0 Å². The first kappa shape index (κ1) is 10.2. The summed E-state index contributed by atoms with van der Waals surface area (Å²) in [7, 11) is 4.27. The zero-order valence-electron chi connectivity index (χ0n) is 9.10. The first-order valence-electron chi connectivity index (χ1n) is 5.21. The third-order valence-corrected chi connectivity index (χ3v) is 2.62. The van der Waals surface area contributed by atoms with Gasteiger partial charge in [-0.25, -0.2) is 4.39 Å². The summed E-state index contributed by atoms with van der Waals surface area (Å²) in [6.45, 7) is 1.09. The van der Waals surface area contributed by atoms with Gasteiger partial charge in [0.15, 0.2) is 0 Å². The maximum Gasteiger partial charge on any atom is 0.125 e. The third-order valence-electron chi connectivity index (χ3n) is 2.62. The monoisotopic (exact) mass is 207 g/mol. The van der Waals surface area contributed by atoms with Crippen molar-refractivity contribution < 1.29 is 9.29 Å². The number of H-pyrrole nitrogens is 1. The number of benzene rings is 1. The molecular weight excluding hydrogens is 191 g/mol. The highest BCUT2D eigenvalue weighted by Crippen LogP contribution is 2.19. The van der Waals surface area contributed by atoms with Gasteiger partial charge in [-0.05, 0) is 23.8 Å². The van der Waals surface area contributed by atoms with E-state index in [9.17, 15) is 4.39 Å². The number of hydrogen-bond acceptors (Lipinski definition) is 0. The Balaban J connectivity index is 2.29. The Hall–Kier alpha value is -1.35. The topological polar surface area (TPSA) is 20.2 Å². The Kier molecular flexibility index (Phi) is 2.73. The van der Waals surface area contributed by atoms with Crippen LogP contribution in [0.5, 0.6) is 0 Å². The van der Waals surface area contributed by atoms with E-state index in [1.54, 1.807) is 6.07 Å². The first-order valence-corrected chi connectivity index (χ1v) is 5.21. The van der Waals surface area contributed by atoms with Crippen molar-refractivity contribution in [2.75, 3.05) is 20.6 Å². The Morgan fingerprint density at radius 1 is 1.33 bits per heavy atom. The largest absolute Gasteiger partial charge is 0.361 e. The van der Waals surface area contributed by atoms with Gasteiger partial charge in [0.25, 0.3) is 0 Å². The molecule has 0 aliphatic rings. The second kappa shape index (κ2) is 4.03. The lowest BCUT2D eigenvalue weighted by Gasteiger charge is -2.05. The van der Waals surface area contributed by atoms with Crippen LogP contribution < -0.4 is 4.90 Å². The van der Waals surface area contributed by atoms with Crippen molar-refractivity contribution in [2.24, 2.45) is 0 Å². The fourth-order valence-corrected chi connectivity index (χ4v) is 1.75. The molecule has 0 saturated carbocycles. The lowest BCUT2D eigenvalue weighted by Crippen LogP contribution is -3.05. The molecule has 0 aliphatic carbocycles. The fourth-order valence-electron chi connectivity index (χ4n) is 1.75. The van der Waals surface area contributed by atoms with Crippen LogP contribution in [0.1, 0.15) is 5.56 Å². The van der Waals surface area contributed by atoms with Gasteiger partial charge in [-0.3, -0.25) is 0 Å². The van der Waals surface area contributed by atoms with Gasteiger partial charge in [0.2, 0.25) is 0 Å². The lowest BCUT2D eigenvalue weighted by molar-refractivity contribution is -0.858. The van der Waals surface area contributed by atoms with Crippen molar-refractivity contribution in [3.63, 3.8) is 0 Å². The molecule has 2 aromatic rings. The van der Waals surface area contributed by atoms with Crippen LogP contribution in [0.25, 0.3) is 10.9 Å². The van der Waals surface area contributed by atoms with E-state index in [4.69, 9.17) is 0 Å². The van der Waals surface area contributed by atoms with Crippen LogP contribution in [-0.2, 0) is 6.42 Å². The van der Waals surface area contributed by atoms with Crippen molar-refractivity contribution in [3.8, 4) is 0 Å². The molecule has 0 amide bonds. The average Bonchev–Trinajstić information content (AvgIpc) is 2.57. The molecule has 80 valence electrons. The van der Waals surface area contributed by atoms with E-state index in [2.05, 4.69) is 19.1 Å². The number of halogens is 1. The normalized spacial score (nSPS) is 11.5. The van der Waals surface area contributed by atoms with Gasteiger partial charge < -0.3 is 9.88 Å². The second-order valence-corrected chi connectivity index (χ2v) is 4.21. The number of likely N-dealkylation sites (N-methyl/N-ethyl adjacent to an activating group) is 1. The quantitative estimate of drug-likeness (QED) is 0.749. The fraction of sp³-hybridized carbons (Fsp3) is 0.333. The van der Waals surface area contributed by atoms with E-state index in [-0.39, 0.29) is 5.82 Å². The number of hydrogen-bond donors (Lipinski definition) is 2. The molecule has 1 heterocycles. The minimum atomic E-state index is -0.186. The maximum atomic E-state index is 12.9. The lowest BCUT2D eigenvalue weighted by atomic mass is 10.1. The van der Waals surface area contributed by atoms with Crippen LogP contribution in [0.15, 0.2) is 24.4 Å². The Bertz CT molecular complexity index is 460. The minimum Gasteiger partial charge on any atom is -0.361 e. The Morgan fingerprint density at radius 2 is 2.13 bits per heavy atom. The summed E-state index contributed by atoms with van der Waals surface area (Å²) in [5.41, 5.74) is 2.16. The molecule has 0 spiro atoms. The molecule has 1 aromatic carbocycles. The summed E-state index contributed by atoms with van der Waals surface area (Å²) < 4.78 is 12.9. The minimum absolute atomic E-state index is 0.186. The van der Waals surface area contributed by atoms with Crippen LogP contribution in [-0.4, -0.2) is 25.6 Å². The maximum absolute atomic E-state index is 12.9. The molecule has 0 atom stereocenters. The first-order chi connectivity index (χ1) is 7.16. The van der Waals surface area contributed by atoms with Gasteiger partial charge in [0.05, 0.1) is 20.6 Å². The molecule has 2 rings (SSSR count). The van der Waals surface area contributed by atoms with Crippen molar-refractivity contribution in [3.05, 3.63) is 35.8 Å². The van der Waals surface area contributed by atoms with E-state index in [1.807, 2.05) is 12.3 Å². The van der Waals surface area contributed by atoms with Crippen LogP contribution in [0.3, 0.4) is 0 Å². The van der Waals surface area contributed by atoms with Crippen LogP contribution >= 0.6 is 0 Å². The van der Waals surface area contributed by atoms with E-state index in [0.717, 1.165) is 23.9 Å². The molecule has 1 aromatic heterocycles. The van der Waals surface area contributed by atoms with E-state index >= 15 is 0 Å². The predicted octanol–water partition coefficient (Wildman–Crippen LogP) is 0.994. The highest BCUT2D eigenvalue weighted by Gasteiger charge is 2.05. The molecule has 0 unspecified atom stereocenters. The SMILES string of the molecule is C[NH+](C)CCc1c[nH]c2cc(F)ccc12. The van der Waals surface area contributed by atoms with Crippen molar-refractivity contribution in [1.82, 2.24) is 4.98 Å². The predicted molar refractivity (Wildman–Crippen MR) is 59.6 cm³/mol. The summed E-state index contributed by atoms with van der Waals surface area (Å²) in [4.78, 5) is 4.53. The number of rotatable bonds is 3. The zero-order chi connectivity index (χ0) is 10.8. The van der Waals surface area contributed by atoms with Crippen molar-refractivity contribution >= 4 is 10.9 Å². The van der Waals surface area contributed by atoms with E-state index in [0.29, 0.717) is 0 Å². The number of aromatic nitrogens is 1. The Labute approximate surface area is 88.7 Å². The van der Waals surface area contributed by atoms with Crippen LogP contribution in [0.2, 0.25) is 0 Å². The number of nitrogens with one attached hydrogen (secondary N) is 2. The van der Waals surface area contributed by atoms with E-state index < -0.39 is 0 Å². The average molecular weight is 207 g/mol. The Morgan fingerprint density at radius 3 is 2.87 bits per heavy atom. The number of aromatic amines is 1. The molecule has 2 nitrogen and oxygen atoms in total. The van der Waals surface area contributed by atoms with Crippen LogP contribution in [0.4, 0.5) is 4.39 Å². The highest BCUT2D eigenvalue weighted by atomic mass is 19.1. The van der Waals surface area contributed by atoms with Gasteiger partial charge in [0, 0.05) is 23.5 Å². The summed E-state index contributed by atoms with van der Waals surface area (Å²) >= 11 is 0. The van der Waals surface area contributed by atoms with Gasteiger partial charge in [-0.2, -0.15) is 0 Å². The summed E-state index contributed by atoms with van der Waals surface area (Å²) in [5.74, 6) is -0.186. The highest BCUT2D eigenvalue weighted by molar-refractivity contribution is 5.83. The van der Waals surface area contributed by atoms with Gasteiger partial charge in [-0.1, -0.05) is 0 Å². The van der Waals surface area contributed by atoms with Gasteiger partial charge >= 0.3 is 0 Å². The molecule has 0 saturated heterocycles. The van der Waals surface area contributed by atoms with Gasteiger partial charge in [0.1, 0.15) is 5.82 Å². The van der Waals surface area contributed by atoms with E-state index in [1.165, 1.54) is 16.5 Å². The molecule has 15 heavy (non-hydrogen) atoms. The summed E-state index contributed by atoms with van der Waals surface area (Å²) in [5, 5.41) is 1.14. The summed E-state index contributed by atoms with van der Waals surface area (Å²) in [6, 6.07) is 4.91. The molecule has 2 N–H and O–H groups in total. The molecular formula is C12H16FN2+. The molecule has 0 fully saturated rings. The molecule has 3 heteroatoms. The van der Waals surface area contributed by atoms with Gasteiger partial charge in [-0.15, -0.1) is 0 Å². The van der Waals surface area contributed by atoms with Crippen molar-refractivity contribution in [2.45, 2.75) is 6.42 Å². The number of quaternary nitrogens is 1. The van der Waals surface area contributed by atoms with Crippen LogP contribution in [0, 0.1) is 5.82 Å². The second-order valence-electron chi connectivity index (χ2n) is 4.21. The number of fused-ring (bicyclic) bond motifs is 1. The zero-order valence-corrected chi connectivity index (χ0v) is 9.10. The molecule has 0 radical (unpaired) electrons. The smallest absolute Gasteiger partial charge is 0.125 e. The molecule has 0 bridgehead atoms. The standard InChI is InChI=1S/C12H15FN2/c1-15(2)6-5-9-8-14-12-7-10(13)3-4-11(9)12/h3-4,7-8,14H,5-6H2,1-2H3/p+1.